The van der Waals surface area contributed by atoms with E-state index in [1.165, 1.54) is 19.2 Å². The number of ether oxygens (including phenoxy) is 1. The van der Waals surface area contributed by atoms with Gasteiger partial charge in [-0.05, 0) is 37.0 Å². The van der Waals surface area contributed by atoms with Gasteiger partial charge in [-0.25, -0.2) is 4.39 Å². The molecule has 2 rings (SSSR count). The summed E-state index contributed by atoms with van der Waals surface area (Å²) in [6, 6.07) is 5.84. The highest BCUT2D eigenvalue weighted by Crippen LogP contribution is 2.22. The van der Waals surface area contributed by atoms with Gasteiger partial charge in [0.1, 0.15) is 0 Å². The third-order valence-electron chi connectivity index (χ3n) is 3.42. The summed E-state index contributed by atoms with van der Waals surface area (Å²) < 4.78 is 23.7. The molecule has 1 aromatic carbocycles. The van der Waals surface area contributed by atoms with Crippen molar-refractivity contribution in [1.29, 1.82) is 0 Å². The molecule has 6 heteroatoms. The van der Waals surface area contributed by atoms with Crippen LogP contribution in [0.2, 0.25) is 0 Å². The molecule has 0 bridgehead atoms. The third kappa shape index (κ3) is 4.31. The Hall–Kier alpha value is -2.37. The molecule has 1 heterocycles. The second-order valence-electron chi connectivity index (χ2n) is 5.87. The molecule has 0 fully saturated rings. The first kappa shape index (κ1) is 17.0. The van der Waals surface area contributed by atoms with Gasteiger partial charge in [-0.1, -0.05) is 25.1 Å². The summed E-state index contributed by atoms with van der Waals surface area (Å²) >= 11 is 0. The average molecular weight is 320 g/mol. The molecule has 0 radical (unpaired) electrons. The number of amides is 1. The molecule has 1 amide bonds. The quantitative estimate of drug-likeness (QED) is 0.884. The highest BCUT2D eigenvalue weighted by molar-refractivity contribution is 5.91. The number of hydrogen-bond donors (Lipinski definition) is 1. The second-order valence-corrected chi connectivity index (χ2v) is 5.87. The van der Waals surface area contributed by atoms with E-state index in [-0.39, 0.29) is 23.5 Å². The lowest BCUT2D eigenvalue weighted by molar-refractivity contribution is 0.0902. The topological polar surface area (TPSA) is 64.4 Å². The van der Waals surface area contributed by atoms with Gasteiger partial charge in [0.15, 0.2) is 11.6 Å². The van der Waals surface area contributed by atoms with Gasteiger partial charge in [-0.3, -0.25) is 4.79 Å². The lowest BCUT2D eigenvalue weighted by Crippen LogP contribution is -2.26. The number of rotatable bonds is 6. The van der Waals surface area contributed by atoms with Gasteiger partial charge in [0.25, 0.3) is 5.91 Å². The number of benzene rings is 1. The highest BCUT2D eigenvalue weighted by atomic mass is 19.1. The molecule has 2 aromatic rings. The summed E-state index contributed by atoms with van der Waals surface area (Å²) in [7, 11) is 1.40. The maximum atomic E-state index is 13.7. The van der Waals surface area contributed by atoms with Crippen LogP contribution in [0.4, 0.5) is 4.39 Å². The number of carbonyl (C=O) groups is 1. The number of carbonyl (C=O) groups excluding carboxylic acids is 1. The van der Waals surface area contributed by atoms with Crippen LogP contribution in [-0.2, 0) is 6.42 Å². The SMILES string of the molecule is COc1ccc(C(C)NC(=O)c2cc(CC(C)C)no2)cc1F. The molecule has 0 saturated heterocycles. The third-order valence-corrected chi connectivity index (χ3v) is 3.42. The van der Waals surface area contributed by atoms with Crippen LogP contribution in [0.15, 0.2) is 28.8 Å². The Morgan fingerprint density at radius 3 is 2.70 bits per heavy atom. The molecule has 5 nitrogen and oxygen atoms in total. The minimum atomic E-state index is -0.468. The minimum Gasteiger partial charge on any atom is -0.494 e. The van der Waals surface area contributed by atoms with Gasteiger partial charge >= 0.3 is 0 Å². The van der Waals surface area contributed by atoms with Crippen LogP contribution in [0.5, 0.6) is 5.75 Å². The van der Waals surface area contributed by atoms with Crippen molar-refractivity contribution >= 4 is 5.91 Å². The Morgan fingerprint density at radius 2 is 2.09 bits per heavy atom. The summed E-state index contributed by atoms with van der Waals surface area (Å²) in [4.78, 5) is 12.2. The Morgan fingerprint density at radius 1 is 1.35 bits per heavy atom. The van der Waals surface area contributed by atoms with E-state index in [2.05, 4.69) is 24.3 Å². The molecule has 0 spiro atoms. The van der Waals surface area contributed by atoms with Crippen molar-refractivity contribution < 1.29 is 18.4 Å². The first-order valence-electron chi connectivity index (χ1n) is 7.50. The Bertz CT molecular complexity index is 682. The van der Waals surface area contributed by atoms with Crippen LogP contribution in [0, 0.1) is 11.7 Å². The molecule has 0 aliphatic rings. The van der Waals surface area contributed by atoms with Gasteiger partial charge in [0.2, 0.25) is 5.76 Å². The van der Waals surface area contributed by atoms with E-state index >= 15 is 0 Å². The second kappa shape index (κ2) is 7.26. The molecule has 0 aliphatic carbocycles. The summed E-state index contributed by atoms with van der Waals surface area (Å²) in [6.07, 6.45) is 0.746. The monoisotopic (exact) mass is 320 g/mol. The molecule has 1 unspecified atom stereocenters. The molecule has 1 aromatic heterocycles. The zero-order valence-electron chi connectivity index (χ0n) is 13.7. The molecule has 1 N–H and O–H groups in total. The van der Waals surface area contributed by atoms with Crippen LogP contribution >= 0.6 is 0 Å². The number of halogens is 1. The van der Waals surface area contributed by atoms with E-state index in [0.717, 1.165) is 12.1 Å². The van der Waals surface area contributed by atoms with Gasteiger partial charge in [-0.15, -0.1) is 0 Å². The molecule has 0 aliphatic heterocycles. The van der Waals surface area contributed by atoms with Crippen LogP contribution in [0.1, 0.15) is 48.6 Å². The summed E-state index contributed by atoms with van der Waals surface area (Å²) in [5.74, 6) is -0.0965. The molecule has 23 heavy (non-hydrogen) atoms. The minimum absolute atomic E-state index is 0.154. The maximum absolute atomic E-state index is 13.7. The summed E-state index contributed by atoms with van der Waals surface area (Å²) in [5.41, 5.74) is 1.38. The first-order valence-corrected chi connectivity index (χ1v) is 7.50. The standard InChI is InChI=1S/C17H21FN2O3/c1-10(2)7-13-9-16(23-20-13)17(21)19-11(3)12-5-6-15(22-4)14(18)8-12/h5-6,8-11H,7H2,1-4H3,(H,19,21). The van der Waals surface area contributed by atoms with E-state index < -0.39 is 5.82 Å². The van der Waals surface area contributed by atoms with Gasteiger partial charge in [0, 0.05) is 6.07 Å². The zero-order valence-corrected chi connectivity index (χ0v) is 13.7. The van der Waals surface area contributed by atoms with Crippen LogP contribution in [0.25, 0.3) is 0 Å². The predicted octanol–water partition coefficient (Wildman–Crippen LogP) is 3.51. The number of nitrogens with zero attached hydrogens (tertiary/aromatic N) is 1. The van der Waals surface area contributed by atoms with Crippen molar-refractivity contribution in [2.75, 3.05) is 7.11 Å². The van der Waals surface area contributed by atoms with E-state index in [1.807, 2.05) is 0 Å². The fourth-order valence-electron chi connectivity index (χ4n) is 2.24. The number of hydrogen-bond acceptors (Lipinski definition) is 4. The molecule has 124 valence electrons. The molecule has 0 saturated carbocycles. The largest absolute Gasteiger partial charge is 0.494 e. The highest BCUT2D eigenvalue weighted by Gasteiger charge is 2.17. The number of aromatic nitrogens is 1. The smallest absolute Gasteiger partial charge is 0.290 e. The van der Waals surface area contributed by atoms with Crippen molar-refractivity contribution in [3.8, 4) is 5.75 Å². The molecule has 1 atom stereocenters. The van der Waals surface area contributed by atoms with E-state index in [9.17, 15) is 9.18 Å². The maximum Gasteiger partial charge on any atom is 0.290 e. The first-order chi connectivity index (χ1) is 10.9. The van der Waals surface area contributed by atoms with Crippen molar-refractivity contribution in [1.82, 2.24) is 10.5 Å². The van der Waals surface area contributed by atoms with Gasteiger partial charge in [0.05, 0.1) is 18.8 Å². The van der Waals surface area contributed by atoms with Crippen LogP contribution < -0.4 is 10.1 Å². The predicted molar refractivity (Wildman–Crippen MR) is 83.9 cm³/mol. The van der Waals surface area contributed by atoms with Crippen molar-refractivity contribution in [2.24, 2.45) is 5.92 Å². The van der Waals surface area contributed by atoms with Gasteiger partial charge < -0.3 is 14.6 Å². The lowest BCUT2D eigenvalue weighted by Gasteiger charge is -2.14. The number of nitrogens with one attached hydrogen (secondary N) is 1. The van der Waals surface area contributed by atoms with Crippen molar-refractivity contribution in [3.63, 3.8) is 0 Å². The fourth-order valence-corrected chi connectivity index (χ4v) is 2.24. The normalized spacial score (nSPS) is 12.3. The lowest BCUT2D eigenvalue weighted by atomic mass is 10.1. The van der Waals surface area contributed by atoms with E-state index in [0.29, 0.717) is 11.5 Å². The molecular formula is C17H21FN2O3. The Kier molecular flexibility index (Phi) is 5.36. The van der Waals surface area contributed by atoms with Crippen molar-refractivity contribution in [2.45, 2.75) is 33.2 Å². The zero-order chi connectivity index (χ0) is 17.0. The summed E-state index contributed by atoms with van der Waals surface area (Å²) in [6.45, 7) is 5.90. The molecular weight excluding hydrogens is 299 g/mol. The fraction of sp³-hybridized carbons (Fsp3) is 0.412. The van der Waals surface area contributed by atoms with Crippen molar-refractivity contribution in [3.05, 3.63) is 47.1 Å². The van der Waals surface area contributed by atoms with Gasteiger partial charge in [-0.2, -0.15) is 0 Å². The van der Waals surface area contributed by atoms with Crippen LogP contribution in [-0.4, -0.2) is 18.2 Å². The average Bonchev–Trinajstić information content (AvgIpc) is 2.94. The van der Waals surface area contributed by atoms with E-state index in [4.69, 9.17) is 9.26 Å². The Balaban J connectivity index is 2.04. The van der Waals surface area contributed by atoms with E-state index in [1.54, 1.807) is 19.1 Å². The summed E-state index contributed by atoms with van der Waals surface area (Å²) in [5, 5.41) is 6.65. The number of methoxy groups -OCH3 is 1. The Labute approximate surface area is 134 Å². The van der Waals surface area contributed by atoms with Crippen LogP contribution in [0.3, 0.4) is 0 Å².